The van der Waals surface area contributed by atoms with Gasteiger partial charge in [0.05, 0.1) is 5.71 Å². The van der Waals surface area contributed by atoms with Crippen molar-refractivity contribution in [2.24, 2.45) is 5.10 Å². The summed E-state index contributed by atoms with van der Waals surface area (Å²) in [6.45, 7) is 4.66. The molecule has 0 atom stereocenters. The van der Waals surface area contributed by atoms with E-state index in [2.05, 4.69) is 22.8 Å². The summed E-state index contributed by atoms with van der Waals surface area (Å²) in [5.74, 6) is -0.287. The minimum atomic E-state index is -0.287. The average Bonchev–Trinajstić information content (AvgIpc) is 2.37. The Morgan fingerprint density at radius 1 is 1.39 bits per heavy atom. The molecule has 2 N–H and O–H groups in total. The quantitative estimate of drug-likeness (QED) is 0.373. The van der Waals surface area contributed by atoms with Crippen LogP contribution in [0.2, 0.25) is 0 Å². The third-order valence-corrected chi connectivity index (χ3v) is 2.64. The molecule has 0 radical (unpaired) electrons. The van der Waals surface area contributed by atoms with Crippen molar-refractivity contribution >= 4 is 23.0 Å². The lowest BCUT2D eigenvalue weighted by Gasteiger charge is -2.07. The lowest BCUT2D eigenvalue weighted by atomic mass is 10.1. The van der Waals surface area contributed by atoms with E-state index in [1.807, 2.05) is 0 Å². The van der Waals surface area contributed by atoms with Gasteiger partial charge in [-0.25, -0.2) is 4.39 Å². The van der Waals surface area contributed by atoms with Gasteiger partial charge in [0.1, 0.15) is 5.82 Å². The largest absolute Gasteiger partial charge is 0.361 e. The first kappa shape index (κ1) is 14.6. The highest BCUT2D eigenvalue weighted by molar-refractivity contribution is 7.80. The Balaban J connectivity index is 2.52. The summed E-state index contributed by atoms with van der Waals surface area (Å²) in [7, 11) is 0. The summed E-state index contributed by atoms with van der Waals surface area (Å²) in [6, 6.07) is 6.52. The molecule has 0 aliphatic rings. The number of thiocarbonyl (C=S) groups is 1. The molecule has 0 fully saturated rings. The molecule has 3 nitrogen and oxygen atoms in total. The van der Waals surface area contributed by atoms with Crippen LogP contribution in [0.15, 0.2) is 29.4 Å². The van der Waals surface area contributed by atoms with Gasteiger partial charge in [-0.05, 0) is 31.6 Å². The summed E-state index contributed by atoms with van der Waals surface area (Å²) in [6.07, 6.45) is 2.16. The number of rotatable bonds is 5. The molecule has 0 spiro atoms. The first-order chi connectivity index (χ1) is 8.65. The predicted octanol–water partition coefficient (Wildman–Crippen LogP) is 2.81. The van der Waals surface area contributed by atoms with E-state index in [-0.39, 0.29) is 5.82 Å². The van der Waals surface area contributed by atoms with E-state index < -0.39 is 0 Å². The van der Waals surface area contributed by atoms with Crippen LogP contribution in [0.25, 0.3) is 0 Å². The Kier molecular flexibility index (Phi) is 6.28. The van der Waals surface area contributed by atoms with Gasteiger partial charge in [-0.2, -0.15) is 5.10 Å². The minimum Gasteiger partial charge on any atom is -0.361 e. The second kappa shape index (κ2) is 7.76. The fraction of sp³-hybridized carbons (Fsp3) is 0.385. The van der Waals surface area contributed by atoms with Crippen molar-refractivity contribution in [3.63, 3.8) is 0 Å². The molecule has 18 heavy (non-hydrogen) atoms. The lowest BCUT2D eigenvalue weighted by molar-refractivity contribution is 0.625. The van der Waals surface area contributed by atoms with Gasteiger partial charge in [-0.3, -0.25) is 5.43 Å². The SMILES string of the molecule is CCCCNC(=S)N/N=C(\C)c1ccccc1F. The molecule has 0 bridgehead atoms. The van der Waals surface area contributed by atoms with Gasteiger partial charge in [-0.15, -0.1) is 0 Å². The lowest BCUT2D eigenvalue weighted by Crippen LogP contribution is -2.33. The molecule has 0 aliphatic carbocycles. The Bertz CT molecular complexity index is 432. The molecule has 98 valence electrons. The Morgan fingerprint density at radius 3 is 2.78 bits per heavy atom. The van der Waals surface area contributed by atoms with Crippen molar-refractivity contribution in [1.29, 1.82) is 0 Å². The van der Waals surface area contributed by atoms with Crippen LogP contribution in [0.3, 0.4) is 0 Å². The molecular formula is C13H18FN3S. The minimum absolute atomic E-state index is 0.287. The van der Waals surface area contributed by atoms with Gasteiger partial charge in [0, 0.05) is 12.1 Å². The molecule has 0 aromatic heterocycles. The zero-order valence-electron chi connectivity index (χ0n) is 10.7. The van der Waals surface area contributed by atoms with Crippen molar-refractivity contribution in [2.75, 3.05) is 6.54 Å². The van der Waals surface area contributed by atoms with Crippen LogP contribution < -0.4 is 10.7 Å². The Labute approximate surface area is 112 Å². The van der Waals surface area contributed by atoms with E-state index in [9.17, 15) is 4.39 Å². The van der Waals surface area contributed by atoms with Gasteiger partial charge >= 0.3 is 0 Å². The van der Waals surface area contributed by atoms with E-state index in [0.29, 0.717) is 16.4 Å². The molecule has 0 heterocycles. The van der Waals surface area contributed by atoms with E-state index in [1.165, 1.54) is 6.07 Å². The summed E-state index contributed by atoms with van der Waals surface area (Å²) >= 11 is 5.05. The topological polar surface area (TPSA) is 36.4 Å². The molecular weight excluding hydrogens is 249 g/mol. The highest BCUT2D eigenvalue weighted by Crippen LogP contribution is 2.07. The van der Waals surface area contributed by atoms with Crippen molar-refractivity contribution in [3.8, 4) is 0 Å². The first-order valence-electron chi connectivity index (χ1n) is 5.98. The zero-order chi connectivity index (χ0) is 13.4. The van der Waals surface area contributed by atoms with Crippen LogP contribution >= 0.6 is 12.2 Å². The zero-order valence-corrected chi connectivity index (χ0v) is 11.5. The fourth-order valence-electron chi connectivity index (χ4n) is 1.37. The van der Waals surface area contributed by atoms with Crippen LogP contribution in [-0.2, 0) is 0 Å². The molecule has 5 heteroatoms. The van der Waals surface area contributed by atoms with E-state index in [1.54, 1.807) is 25.1 Å². The third kappa shape index (κ3) is 4.79. The van der Waals surface area contributed by atoms with Crippen LogP contribution in [0.5, 0.6) is 0 Å². The Hall–Kier alpha value is -1.49. The number of hydrazone groups is 1. The van der Waals surface area contributed by atoms with Gasteiger partial charge in [0.25, 0.3) is 0 Å². The molecule has 1 aromatic rings. The average molecular weight is 267 g/mol. The fourth-order valence-corrected chi connectivity index (χ4v) is 1.52. The van der Waals surface area contributed by atoms with Crippen molar-refractivity contribution in [3.05, 3.63) is 35.6 Å². The summed E-state index contributed by atoms with van der Waals surface area (Å²) < 4.78 is 13.5. The molecule has 0 saturated heterocycles. The molecule has 1 aromatic carbocycles. The van der Waals surface area contributed by atoms with E-state index in [0.717, 1.165) is 19.4 Å². The standard InChI is InChI=1S/C13H18FN3S/c1-3-4-9-15-13(18)17-16-10(2)11-7-5-6-8-12(11)14/h5-8H,3-4,9H2,1-2H3,(H2,15,17,18)/b16-10+. The summed E-state index contributed by atoms with van der Waals surface area (Å²) in [5, 5.41) is 7.54. The van der Waals surface area contributed by atoms with Crippen LogP contribution in [-0.4, -0.2) is 17.4 Å². The maximum Gasteiger partial charge on any atom is 0.186 e. The molecule has 1 rings (SSSR count). The van der Waals surface area contributed by atoms with Crippen LogP contribution in [0.1, 0.15) is 32.3 Å². The number of nitrogens with zero attached hydrogens (tertiary/aromatic N) is 1. The molecule has 0 unspecified atom stereocenters. The normalized spacial score (nSPS) is 11.2. The number of nitrogens with one attached hydrogen (secondary N) is 2. The molecule has 0 amide bonds. The molecule has 0 aliphatic heterocycles. The van der Waals surface area contributed by atoms with Crippen LogP contribution in [0, 0.1) is 5.82 Å². The smallest absolute Gasteiger partial charge is 0.186 e. The second-order valence-electron chi connectivity index (χ2n) is 3.90. The highest BCUT2D eigenvalue weighted by Gasteiger charge is 2.03. The highest BCUT2D eigenvalue weighted by atomic mass is 32.1. The third-order valence-electron chi connectivity index (χ3n) is 2.40. The van der Waals surface area contributed by atoms with E-state index >= 15 is 0 Å². The summed E-state index contributed by atoms with van der Waals surface area (Å²) in [4.78, 5) is 0. The maximum absolute atomic E-state index is 13.5. The van der Waals surface area contributed by atoms with Crippen molar-refractivity contribution < 1.29 is 4.39 Å². The predicted molar refractivity (Wildman–Crippen MR) is 77.3 cm³/mol. The van der Waals surface area contributed by atoms with Gasteiger partial charge < -0.3 is 5.32 Å². The van der Waals surface area contributed by atoms with E-state index in [4.69, 9.17) is 12.2 Å². The van der Waals surface area contributed by atoms with Gasteiger partial charge in [0.15, 0.2) is 5.11 Å². The maximum atomic E-state index is 13.5. The number of hydrogen-bond acceptors (Lipinski definition) is 2. The first-order valence-corrected chi connectivity index (χ1v) is 6.39. The monoisotopic (exact) mass is 267 g/mol. The molecule has 0 saturated carbocycles. The van der Waals surface area contributed by atoms with Crippen LogP contribution in [0.4, 0.5) is 4.39 Å². The number of unbranched alkanes of at least 4 members (excludes halogenated alkanes) is 1. The van der Waals surface area contributed by atoms with Crippen molar-refractivity contribution in [1.82, 2.24) is 10.7 Å². The number of benzene rings is 1. The van der Waals surface area contributed by atoms with Gasteiger partial charge in [0.2, 0.25) is 0 Å². The second-order valence-corrected chi connectivity index (χ2v) is 4.31. The number of halogens is 1. The summed E-state index contributed by atoms with van der Waals surface area (Å²) in [5.41, 5.74) is 3.74. The Morgan fingerprint density at radius 2 is 2.11 bits per heavy atom. The van der Waals surface area contributed by atoms with Gasteiger partial charge in [-0.1, -0.05) is 31.5 Å². The van der Waals surface area contributed by atoms with Crippen molar-refractivity contribution in [2.45, 2.75) is 26.7 Å². The number of hydrogen-bond donors (Lipinski definition) is 2.